The van der Waals surface area contributed by atoms with Crippen LogP contribution in [-0.4, -0.2) is 6.04 Å². The van der Waals surface area contributed by atoms with E-state index in [0.717, 1.165) is 33.3 Å². The zero-order valence-corrected chi connectivity index (χ0v) is 13.8. The van der Waals surface area contributed by atoms with E-state index in [-0.39, 0.29) is 11.9 Å². The Balaban J connectivity index is 2.19. The predicted molar refractivity (Wildman–Crippen MR) is 87.0 cm³/mol. The minimum atomic E-state index is -0.240. The van der Waals surface area contributed by atoms with Gasteiger partial charge in [0.25, 0.3) is 0 Å². The van der Waals surface area contributed by atoms with Crippen molar-refractivity contribution >= 4 is 15.9 Å². The first-order valence-corrected chi connectivity index (χ1v) is 7.67. The number of rotatable bonds is 5. The molecule has 112 valence electrons. The van der Waals surface area contributed by atoms with E-state index >= 15 is 0 Å². The Morgan fingerprint density at radius 3 is 2.52 bits per heavy atom. The molecule has 0 saturated heterocycles. The largest absolute Gasteiger partial charge is 0.488 e. The van der Waals surface area contributed by atoms with Crippen LogP contribution in [-0.2, 0) is 13.0 Å². The second-order valence-electron chi connectivity index (χ2n) is 5.31. The van der Waals surface area contributed by atoms with Crippen molar-refractivity contribution in [3.05, 3.63) is 63.4 Å². The molecule has 4 heteroatoms. The van der Waals surface area contributed by atoms with Crippen LogP contribution in [0.2, 0.25) is 0 Å². The van der Waals surface area contributed by atoms with E-state index in [1.54, 1.807) is 12.1 Å². The molecule has 0 bridgehead atoms. The standard InChI is InChI=1S/C17H19BrFNO/c1-11-7-15(18)9-14(8-12(2)20)17(11)21-10-13-3-5-16(19)6-4-13/h3-7,9,12H,8,10,20H2,1-2H3. The average molecular weight is 352 g/mol. The van der Waals surface area contributed by atoms with Gasteiger partial charge in [-0.1, -0.05) is 28.1 Å². The maximum Gasteiger partial charge on any atom is 0.126 e. The molecule has 0 aliphatic heterocycles. The Bertz CT molecular complexity index is 611. The molecule has 1 unspecified atom stereocenters. The van der Waals surface area contributed by atoms with Crippen LogP contribution in [0, 0.1) is 12.7 Å². The summed E-state index contributed by atoms with van der Waals surface area (Å²) in [5.74, 6) is 0.621. The molecule has 0 spiro atoms. The van der Waals surface area contributed by atoms with Crippen LogP contribution < -0.4 is 10.5 Å². The number of hydrogen-bond acceptors (Lipinski definition) is 2. The van der Waals surface area contributed by atoms with Crippen molar-refractivity contribution in [3.8, 4) is 5.75 Å². The number of nitrogens with two attached hydrogens (primary N) is 1. The van der Waals surface area contributed by atoms with Crippen LogP contribution in [0.15, 0.2) is 40.9 Å². The summed E-state index contributed by atoms with van der Waals surface area (Å²) in [5, 5.41) is 0. The summed E-state index contributed by atoms with van der Waals surface area (Å²) in [5.41, 5.74) is 8.98. The molecule has 0 radical (unpaired) electrons. The number of ether oxygens (including phenoxy) is 1. The van der Waals surface area contributed by atoms with E-state index < -0.39 is 0 Å². The molecule has 0 heterocycles. The van der Waals surface area contributed by atoms with Gasteiger partial charge >= 0.3 is 0 Å². The van der Waals surface area contributed by atoms with E-state index in [4.69, 9.17) is 10.5 Å². The molecule has 1 atom stereocenters. The van der Waals surface area contributed by atoms with Gasteiger partial charge in [-0.3, -0.25) is 0 Å². The first-order chi connectivity index (χ1) is 9.95. The van der Waals surface area contributed by atoms with E-state index in [9.17, 15) is 4.39 Å². The van der Waals surface area contributed by atoms with Crippen molar-refractivity contribution in [3.63, 3.8) is 0 Å². The highest BCUT2D eigenvalue weighted by Crippen LogP contribution is 2.29. The molecule has 2 aromatic carbocycles. The smallest absolute Gasteiger partial charge is 0.126 e. The first-order valence-electron chi connectivity index (χ1n) is 6.87. The highest BCUT2D eigenvalue weighted by Gasteiger charge is 2.11. The third-order valence-corrected chi connectivity index (χ3v) is 3.61. The Morgan fingerprint density at radius 2 is 1.90 bits per heavy atom. The fourth-order valence-electron chi connectivity index (χ4n) is 2.24. The van der Waals surface area contributed by atoms with Crippen molar-refractivity contribution < 1.29 is 9.13 Å². The number of hydrogen-bond donors (Lipinski definition) is 1. The second-order valence-corrected chi connectivity index (χ2v) is 6.22. The average Bonchev–Trinajstić information content (AvgIpc) is 2.39. The number of aryl methyl sites for hydroxylation is 1. The zero-order valence-electron chi connectivity index (χ0n) is 12.2. The fraction of sp³-hybridized carbons (Fsp3) is 0.294. The van der Waals surface area contributed by atoms with E-state index in [1.165, 1.54) is 12.1 Å². The lowest BCUT2D eigenvalue weighted by Gasteiger charge is -2.16. The minimum absolute atomic E-state index is 0.0619. The topological polar surface area (TPSA) is 35.2 Å². The maximum absolute atomic E-state index is 12.9. The summed E-state index contributed by atoms with van der Waals surface area (Å²) in [6.45, 7) is 4.39. The number of benzene rings is 2. The third-order valence-electron chi connectivity index (χ3n) is 3.15. The van der Waals surface area contributed by atoms with Gasteiger partial charge in [0.05, 0.1) is 0 Å². The lowest BCUT2D eigenvalue weighted by Crippen LogP contribution is -2.18. The van der Waals surface area contributed by atoms with Gasteiger partial charge < -0.3 is 10.5 Å². The Morgan fingerprint density at radius 1 is 1.24 bits per heavy atom. The van der Waals surface area contributed by atoms with Crippen molar-refractivity contribution in [2.45, 2.75) is 32.9 Å². The molecular formula is C17H19BrFNO. The fourth-order valence-corrected chi connectivity index (χ4v) is 2.86. The van der Waals surface area contributed by atoms with Gasteiger partial charge in [0.15, 0.2) is 0 Å². The Labute approximate surface area is 133 Å². The SMILES string of the molecule is Cc1cc(Br)cc(CC(C)N)c1OCc1ccc(F)cc1. The highest BCUT2D eigenvalue weighted by molar-refractivity contribution is 9.10. The van der Waals surface area contributed by atoms with E-state index in [1.807, 2.05) is 26.0 Å². The van der Waals surface area contributed by atoms with Crippen molar-refractivity contribution in [2.24, 2.45) is 5.73 Å². The molecule has 0 saturated carbocycles. The minimum Gasteiger partial charge on any atom is -0.488 e. The molecule has 0 aliphatic carbocycles. The lowest BCUT2D eigenvalue weighted by molar-refractivity contribution is 0.300. The maximum atomic E-state index is 12.9. The first kappa shape index (κ1) is 16.0. The Kier molecular flexibility index (Phi) is 5.37. The third kappa shape index (κ3) is 4.55. The Hall–Kier alpha value is -1.39. The monoisotopic (exact) mass is 351 g/mol. The molecule has 2 N–H and O–H groups in total. The van der Waals surface area contributed by atoms with Crippen LogP contribution in [0.4, 0.5) is 4.39 Å². The van der Waals surface area contributed by atoms with Gasteiger partial charge in [-0.15, -0.1) is 0 Å². The van der Waals surface area contributed by atoms with Crippen LogP contribution in [0.25, 0.3) is 0 Å². The lowest BCUT2D eigenvalue weighted by atomic mass is 10.0. The summed E-state index contributed by atoms with van der Waals surface area (Å²) in [4.78, 5) is 0. The summed E-state index contributed by atoms with van der Waals surface area (Å²) in [7, 11) is 0. The molecule has 0 aliphatic rings. The molecule has 0 fully saturated rings. The van der Waals surface area contributed by atoms with Gasteiger partial charge in [-0.05, 0) is 61.2 Å². The van der Waals surface area contributed by atoms with Crippen LogP contribution in [0.1, 0.15) is 23.6 Å². The number of halogens is 2. The van der Waals surface area contributed by atoms with Crippen LogP contribution in [0.3, 0.4) is 0 Å². The second kappa shape index (κ2) is 7.05. The van der Waals surface area contributed by atoms with Gasteiger partial charge in [-0.2, -0.15) is 0 Å². The molecule has 21 heavy (non-hydrogen) atoms. The van der Waals surface area contributed by atoms with Gasteiger partial charge in [0, 0.05) is 10.5 Å². The summed E-state index contributed by atoms with van der Waals surface area (Å²) in [6.07, 6.45) is 0.749. The quantitative estimate of drug-likeness (QED) is 0.868. The van der Waals surface area contributed by atoms with E-state index in [2.05, 4.69) is 15.9 Å². The van der Waals surface area contributed by atoms with Crippen LogP contribution in [0.5, 0.6) is 5.75 Å². The normalized spacial score (nSPS) is 12.2. The van der Waals surface area contributed by atoms with Crippen molar-refractivity contribution in [1.29, 1.82) is 0 Å². The highest BCUT2D eigenvalue weighted by atomic mass is 79.9. The molecule has 0 aromatic heterocycles. The van der Waals surface area contributed by atoms with Crippen molar-refractivity contribution in [2.75, 3.05) is 0 Å². The van der Waals surface area contributed by atoms with E-state index in [0.29, 0.717) is 6.61 Å². The van der Waals surface area contributed by atoms with Crippen LogP contribution >= 0.6 is 15.9 Å². The van der Waals surface area contributed by atoms with Gasteiger partial charge in [0.2, 0.25) is 0 Å². The summed E-state index contributed by atoms with van der Waals surface area (Å²) in [6, 6.07) is 10.5. The molecule has 2 rings (SSSR count). The predicted octanol–water partition coefficient (Wildman–Crippen LogP) is 4.37. The zero-order chi connectivity index (χ0) is 15.4. The molecule has 0 amide bonds. The summed E-state index contributed by atoms with van der Waals surface area (Å²) < 4.78 is 19.9. The molecule has 2 nitrogen and oxygen atoms in total. The molecule has 2 aromatic rings. The van der Waals surface area contributed by atoms with Crippen molar-refractivity contribution in [1.82, 2.24) is 0 Å². The van der Waals surface area contributed by atoms with Gasteiger partial charge in [-0.25, -0.2) is 4.39 Å². The summed E-state index contributed by atoms with van der Waals surface area (Å²) >= 11 is 3.50. The molecular weight excluding hydrogens is 333 g/mol. The van der Waals surface area contributed by atoms with Gasteiger partial charge in [0.1, 0.15) is 18.2 Å².